The van der Waals surface area contributed by atoms with Gasteiger partial charge in [-0.25, -0.2) is 0 Å². The summed E-state index contributed by atoms with van der Waals surface area (Å²) in [7, 11) is 0. The minimum absolute atomic E-state index is 0.0368. The van der Waals surface area contributed by atoms with Crippen molar-refractivity contribution in [2.24, 2.45) is 0 Å². The van der Waals surface area contributed by atoms with Gasteiger partial charge < -0.3 is 14.3 Å². The predicted molar refractivity (Wildman–Crippen MR) is 89.8 cm³/mol. The molecule has 0 unspecified atom stereocenters. The lowest BCUT2D eigenvalue weighted by molar-refractivity contribution is 0.0765. The minimum atomic E-state index is 0.0368. The first kappa shape index (κ1) is 15.6. The molecule has 1 fully saturated rings. The molecule has 1 aliphatic heterocycles. The maximum absolute atomic E-state index is 12.7. The topological polar surface area (TPSA) is 49.6 Å². The van der Waals surface area contributed by atoms with Gasteiger partial charge in [-0.15, -0.1) is 0 Å². The van der Waals surface area contributed by atoms with Crippen molar-refractivity contribution < 1.29 is 9.32 Å². The first-order valence-corrected chi connectivity index (χ1v) is 8.24. The maximum atomic E-state index is 12.7. The molecule has 1 aromatic heterocycles. The van der Waals surface area contributed by atoms with E-state index >= 15 is 0 Å². The molecule has 2 heterocycles. The highest BCUT2D eigenvalue weighted by atomic mass is 16.5. The number of nitrogens with zero attached hydrogens (tertiary/aromatic N) is 3. The SMILES string of the molecule is CCc1oncc1C(=O)N1CCCN(c2ccccc2C)CC1. The monoisotopic (exact) mass is 313 g/mol. The number of benzene rings is 1. The second-order valence-corrected chi connectivity index (χ2v) is 5.94. The van der Waals surface area contributed by atoms with E-state index in [1.165, 1.54) is 11.3 Å². The lowest BCUT2D eigenvalue weighted by atomic mass is 10.2. The van der Waals surface area contributed by atoms with Gasteiger partial charge in [0, 0.05) is 38.3 Å². The van der Waals surface area contributed by atoms with Crippen LogP contribution in [0.5, 0.6) is 0 Å². The normalized spacial score (nSPS) is 15.6. The van der Waals surface area contributed by atoms with Crippen LogP contribution in [0.25, 0.3) is 0 Å². The van der Waals surface area contributed by atoms with Crippen molar-refractivity contribution in [3.05, 3.63) is 47.3 Å². The molecule has 5 heteroatoms. The number of aromatic nitrogens is 1. The van der Waals surface area contributed by atoms with Crippen molar-refractivity contribution in [3.63, 3.8) is 0 Å². The average Bonchev–Trinajstić information content (AvgIpc) is 2.91. The van der Waals surface area contributed by atoms with Gasteiger partial charge >= 0.3 is 0 Å². The van der Waals surface area contributed by atoms with E-state index in [4.69, 9.17) is 4.52 Å². The van der Waals surface area contributed by atoms with Crippen LogP contribution in [0.15, 0.2) is 35.0 Å². The number of rotatable bonds is 3. The Morgan fingerprint density at radius 1 is 1.22 bits per heavy atom. The predicted octanol–water partition coefficient (Wildman–Crippen LogP) is 2.90. The molecule has 122 valence electrons. The third kappa shape index (κ3) is 3.23. The molecular formula is C18H23N3O2. The number of carbonyl (C=O) groups is 1. The van der Waals surface area contributed by atoms with Gasteiger partial charge in [0.2, 0.25) is 0 Å². The molecule has 0 N–H and O–H groups in total. The Labute approximate surface area is 136 Å². The molecule has 1 saturated heterocycles. The Bertz CT molecular complexity index is 680. The maximum Gasteiger partial charge on any atom is 0.259 e. The summed E-state index contributed by atoms with van der Waals surface area (Å²) in [5.74, 6) is 0.713. The summed E-state index contributed by atoms with van der Waals surface area (Å²) in [4.78, 5) is 17.0. The van der Waals surface area contributed by atoms with Gasteiger partial charge in [0.1, 0.15) is 11.3 Å². The van der Waals surface area contributed by atoms with Crippen molar-refractivity contribution in [1.82, 2.24) is 10.1 Å². The summed E-state index contributed by atoms with van der Waals surface area (Å²) in [5.41, 5.74) is 3.15. The van der Waals surface area contributed by atoms with E-state index in [9.17, 15) is 4.79 Å². The van der Waals surface area contributed by atoms with Crippen molar-refractivity contribution >= 4 is 11.6 Å². The second kappa shape index (κ2) is 6.86. The number of para-hydroxylation sites is 1. The summed E-state index contributed by atoms with van der Waals surface area (Å²) >= 11 is 0. The van der Waals surface area contributed by atoms with E-state index in [1.807, 2.05) is 11.8 Å². The number of amides is 1. The van der Waals surface area contributed by atoms with Crippen molar-refractivity contribution in [2.45, 2.75) is 26.7 Å². The van der Waals surface area contributed by atoms with Gasteiger partial charge in [0.15, 0.2) is 0 Å². The van der Waals surface area contributed by atoms with E-state index in [0.29, 0.717) is 17.7 Å². The van der Waals surface area contributed by atoms with Crippen molar-refractivity contribution in [3.8, 4) is 0 Å². The lowest BCUT2D eigenvalue weighted by Gasteiger charge is -2.25. The molecule has 23 heavy (non-hydrogen) atoms. The molecule has 0 radical (unpaired) electrons. The second-order valence-electron chi connectivity index (χ2n) is 5.94. The Morgan fingerprint density at radius 3 is 2.83 bits per heavy atom. The summed E-state index contributed by atoms with van der Waals surface area (Å²) < 4.78 is 5.16. The molecule has 0 aliphatic carbocycles. The molecule has 1 aliphatic rings. The molecule has 0 bridgehead atoms. The number of anilines is 1. The van der Waals surface area contributed by atoms with Crippen LogP contribution in [-0.2, 0) is 6.42 Å². The molecule has 5 nitrogen and oxygen atoms in total. The minimum Gasteiger partial charge on any atom is -0.369 e. The molecule has 0 spiro atoms. The fourth-order valence-corrected chi connectivity index (χ4v) is 3.14. The van der Waals surface area contributed by atoms with E-state index in [0.717, 1.165) is 32.6 Å². The third-order valence-corrected chi connectivity index (χ3v) is 4.44. The Morgan fingerprint density at radius 2 is 2.04 bits per heavy atom. The third-order valence-electron chi connectivity index (χ3n) is 4.44. The van der Waals surface area contributed by atoms with E-state index in [-0.39, 0.29) is 5.91 Å². The van der Waals surface area contributed by atoms with Gasteiger partial charge in [-0.1, -0.05) is 30.3 Å². The zero-order valence-corrected chi connectivity index (χ0v) is 13.8. The highest BCUT2D eigenvalue weighted by Gasteiger charge is 2.24. The highest BCUT2D eigenvalue weighted by molar-refractivity contribution is 5.94. The van der Waals surface area contributed by atoms with Crippen LogP contribution in [-0.4, -0.2) is 42.1 Å². The van der Waals surface area contributed by atoms with Gasteiger partial charge in [-0.3, -0.25) is 4.79 Å². The Balaban J connectivity index is 1.71. The molecule has 1 amide bonds. The zero-order valence-electron chi connectivity index (χ0n) is 13.8. The van der Waals surface area contributed by atoms with Crippen molar-refractivity contribution in [2.75, 3.05) is 31.1 Å². The quantitative estimate of drug-likeness (QED) is 0.874. The van der Waals surface area contributed by atoms with E-state index in [1.54, 1.807) is 6.20 Å². The summed E-state index contributed by atoms with van der Waals surface area (Å²) in [6, 6.07) is 8.42. The van der Waals surface area contributed by atoms with Gasteiger partial charge in [-0.2, -0.15) is 0 Å². The van der Waals surface area contributed by atoms with Crippen LogP contribution < -0.4 is 4.90 Å². The summed E-state index contributed by atoms with van der Waals surface area (Å²) in [6.07, 6.45) is 3.20. The molecule has 1 aromatic carbocycles. The van der Waals surface area contributed by atoms with Crippen LogP contribution >= 0.6 is 0 Å². The first-order valence-electron chi connectivity index (χ1n) is 8.24. The molecule has 0 atom stereocenters. The first-order chi connectivity index (χ1) is 11.2. The lowest BCUT2D eigenvalue weighted by Crippen LogP contribution is -2.35. The largest absolute Gasteiger partial charge is 0.369 e. The number of hydrogen-bond donors (Lipinski definition) is 0. The summed E-state index contributed by atoms with van der Waals surface area (Å²) in [6.45, 7) is 7.42. The smallest absolute Gasteiger partial charge is 0.259 e. The highest BCUT2D eigenvalue weighted by Crippen LogP contribution is 2.21. The van der Waals surface area contributed by atoms with Gasteiger partial charge in [0.05, 0.1) is 6.20 Å². The van der Waals surface area contributed by atoms with Crippen LogP contribution in [0.2, 0.25) is 0 Å². The molecule has 3 rings (SSSR count). The molecular weight excluding hydrogens is 290 g/mol. The summed E-state index contributed by atoms with van der Waals surface area (Å²) in [5, 5.41) is 3.77. The van der Waals surface area contributed by atoms with Crippen LogP contribution in [0.4, 0.5) is 5.69 Å². The average molecular weight is 313 g/mol. The van der Waals surface area contributed by atoms with Gasteiger partial charge in [0.25, 0.3) is 5.91 Å². The van der Waals surface area contributed by atoms with E-state index in [2.05, 4.69) is 41.2 Å². The van der Waals surface area contributed by atoms with Crippen LogP contribution in [0.3, 0.4) is 0 Å². The fraction of sp³-hybridized carbons (Fsp3) is 0.444. The van der Waals surface area contributed by atoms with Crippen molar-refractivity contribution in [1.29, 1.82) is 0 Å². The number of aryl methyl sites for hydroxylation is 2. The standard InChI is InChI=1S/C18H23N3O2/c1-3-17-15(13-19-23-17)18(22)21-10-6-9-20(11-12-21)16-8-5-4-7-14(16)2/h4-5,7-8,13H,3,6,9-12H2,1-2H3. The number of carbonyl (C=O) groups excluding carboxylic acids is 1. The van der Waals surface area contributed by atoms with Crippen LogP contribution in [0, 0.1) is 6.92 Å². The Hall–Kier alpha value is -2.30. The molecule has 2 aromatic rings. The van der Waals surface area contributed by atoms with E-state index < -0.39 is 0 Å². The van der Waals surface area contributed by atoms with Gasteiger partial charge in [-0.05, 0) is 25.0 Å². The fourth-order valence-electron chi connectivity index (χ4n) is 3.14. The Kier molecular flexibility index (Phi) is 4.65. The number of hydrogen-bond acceptors (Lipinski definition) is 4. The zero-order chi connectivity index (χ0) is 16.2. The van der Waals surface area contributed by atoms with Crippen LogP contribution in [0.1, 0.15) is 35.0 Å². The molecule has 0 saturated carbocycles.